The molecule has 0 saturated carbocycles. The first-order valence-electron chi connectivity index (χ1n) is 9.52. The molecule has 0 bridgehead atoms. The number of aromatic nitrogens is 2. The number of hydrogen-bond donors (Lipinski definition) is 1. The van der Waals surface area contributed by atoms with Crippen molar-refractivity contribution in [3.63, 3.8) is 0 Å². The molecule has 0 aliphatic rings. The van der Waals surface area contributed by atoms with Crippen LogP contribution in [-0.2, 0) is 16.6 Å². The summed E-state index contributed by atoms with van der Waals surface area (Å²) in [5.41, 5.74) is 1.64. The van der Waals surface area contributed by atoms with Gasteiger partial charge >= 0.3 is 0 Å². The fourth-order valence-electron chi connectivity index (χ4n) is 3.08. The smallest absolute Gasteiger partial charge is 0.257 e. The van der Waals surface area contributed by atoms with Crippen LogP contribution in [0.5, 0.6) is 0 Å². The Morgan fingerprint density at radius 1 is 1.13 bits per heavy atom. The average molecular weight is 447 g/mol. The van der Waals surface area contributed by atoms with E-state index in [2.05, 4.69) is 10.4 Å². The molecular formula is C21H23ClN4O3S. The van der Waals surface area contributed by atoms with Crippen LogP contribution < -0.4 is 5.32 Å². The third kappa shape index (κ3) is 4.89. The summed E-state index contributed by atoms with van der Waals surface area (Å²) < 4.78 is 28.7. The molecule has 1 aromatic heterocycles. The summed E-state index contributed by atoms with van der Waals surface area (Å²) in [6, 6.07) is 13.4. The molecular weight excluding hydrogens is 424 g/mol. The number of rotatable bonds is 8. The molecule has 0 saturated heterocycles. The summed E-state index contributed by atoms with van der Waals surface area (Å²) in [7, 11) is -3.70. The van der Waals surface area contributed by atoms with Gasteiger partial charge in [0, 0.05) is 31.2 Å². The first-order chi connectivity index (χ1) is 14.3. The molecule has 3 aromatic rings. The van der Waals surface area contributed by atoms with Gasteiger partial charge in [-0.1, -0.05) is 37.6 Å². The van der Waals surface area contributed by atoms with Crippen LogP contribution in [0.4, 0.5) is 5.69 Å². The molecule has 0 aliphatic carbocycles. The van der Waals surface area contributed by atoms with Crippen LogP contribution in [0.15, 0.2) is 65.8 Å². The molecule has 1 N–H and O–H groups in total. The highest BCUT2D eigenvalue weighted by Gasteiger charge is 2.24. The molecule has 3 rings (SSSR count). The van der Waals surface area contributed by atoms with Gasteiger partial charge in [-0.25, -0.2) is 8.42 Å². The number of nitrogens with one attached hydrogen (secondary N) is 1. The van der Waals surface area contributed by atoms with E-state index in [9.17, 15) is 13.2 Å². The van der Waals surface area contributed by atoms with E-state index in [0.717, 1.165) is 5.56 Å². The van der Waals surface area contributed by atoms with Crippen molar-refractivity contribution in [3.05, 3.63) is 77.1 Å². The van der Waals surface area contributed by atoms with Gasteiger partial charge in [0.05, 0.1) is 22.0 Å². The monoisotopic (exact) mass is 446 g/mol. The van der Waals surface area contributed by atoms with Crippen molar-refractivity contribution in [1.29, 1.82) is 0 Å². The third-order valence-electron chi connectivity index (χ3n) is 4.61. The zero-order chi connectivity index (χ0) is 21.7. The molecule has 7 nitrogen and oxygen atoms in total. The molecule has 9 heteroatoms. The highest BCUT2D eigenvalue weighted by atomic mass is 35.5. The van der Waals surface area contributed by atoms with Crippen LogP contribution in [0.25, 0.3) is 0 Å². The van der Waals surface area contributed by atoms with E-state index in [1.165, 1.54) is 22.5 Å². The van der Waals surface area contributed by atoms with Gasteiger partial charge in [-0.05, 0) is 42.0 Å². The van der Waals surface area contributed by atoms with Crippen LogP contribution >= 0.6 is 11.6 Å². The van der Waals surface area contributed by atoms with Gasteiger partial charge < -0.3 is 5.32 Å². The number of carbonyl (C=O) groups is 1. The molecule has 0 fully saturated rings. The minimum absolute atomic E-state index is 0.0354. The van der Waals surface area contributed by atoms with Gasteiger partial charge in [-0.3, -0.25) is 9.48 Å². The molecule has 0 aliphatic heterocycles. The summed E-state index contributed by atoms with van der Waals surface area (Å²) in [4.78, 5) is 12.9. The highest BCUT2D eigenvalue weighted by Crippen LogP contribution is 2.24. The Morgan fingerprint density at radius 2 is 1.90 bits per heavy atom. The zero-order valence-electron chi connectivity index (χ0n) is 16.7. The number of nitrogens with zero attached hydrogens (tertiary/aromatic N) is 3. The second-order valence-corrected chi connectivity index (χ2v) is 8.93. The van der Waals surface area contributed by atoms with Crippen LogP contribution in [0.3, 0.4) is 0 Å². The third-order valence-corrected chi connectivity index (χ3v) is 6.99. The van der Waals surface area contributed by atoms with E-state index in [-0.39, 0.29) is 15.5 Å². The lowest BCUT2D eigenvalue weighted by Gasteiger charge is -2.19. The van der Waals surface area contributed by atoms with Gasteiger partial charge in [0.15, 0.2) is 0 Å². The van der Waals surface area contributed by atoms with E-state index in [4.69, 9.17) is 11.6 Å². The van der Waals surface area contributed by atoms with Crippen molar-refractivity contribution in [2.24, 2.45) is 0 Å². The van der Waals surface area contributed by atoms with Crippen molar-refractivity contribution in [2.75, 3.05) is 18.4 Å². The topological polar surface area (TPSA) is 84.3 Å². The predicted octanol–water partition coefficient (Wildman–Crippen LogP) is 3.87. The molecule has 30 heavy (non-hydrogen) atoms. The Kier molecular flexibility index (Phi) is 6.91. The molecule has 2 aromatic carbocycles. The standard InChI is InChI=1S/C21H23ClN4O3S/c1-3-26(4-2)30(28,29)18-9-10-20(22)19(14-18)21(27)24-17-8-5-7-16(13-17)15-25-12-6-11-23-25/h5-14H,3-4,15H2,1-2H3,(H,24,27). The van der Waals surface area contributed by atoms with Gasteiger partial charge in [0.25, 0.3) is 5.91 Å². The minimum Gasteiger partial charge on any atom is -0.322 e. The Hall–Kier alpha value is -2.68. The number of hydrogen-bond acceptors (Lipinski definition) is 4. The quantitative estimate of drug-likeness (QED) is 0.569. The number of sulfonamides is 1. The second kappa shape index (κ2) is 9.42. The largest absolute Gasteiger partial charge is 0.322 e. The van der Waals surface area contributed by atoms with Crippen molar-refractivity contribution in [3.8, 4) is 0 Å². The second-order valence-electron chi connectivity index (χ2n) is 6.59. The van der Waals surface area contributed by atoms with E-state index < -0.39 is 15.9 Å². The maximum Gasteiger partial charge on any atom is 0.257 e. The predicted molar refractivity (Wildman–Crippen MR) is 117 cm³/mol. The molecule has 0 radical (unpaired) electrons. The molecule has 0 atom stereocenters. The van der Waals surface area contributed by atoms with Crippen molar-refractivity contribution < 1.29 is 13.2 Å². The molecule has 0 spiro atoms. The average Bonchev–Trinajstić information content (AvgIpc) is 3.22. The fraction of sp³-hybridized carbons (Fsp3) is 0.238. The molecule has 1 heterocycles. The number of carbonyl (C=O) groups excluding carboxylic acids is 1. The first-order valence-corrected chi connectivity index (χ1v) is 11.3. The van der Waals surface area contributed by atoms with E-state index in [0.29, 0.717) is 25.3 Å². The first kappa shape index (κ1) is 22.0. The lowest BCUT2D eigenvalue weighted by molar-refractivity contribution is 0.102. The van der Waals surface area contributed by atoms with Gasteiger partial charge in [0.1, 0.15) is 0 Å². The Balaban J connectivity index is 1.84. The zero-order valence-corrected chi connectivity index (χ0v) is 18.3. The highest BCUT2D eigenvalue weighted by molar-refractivity contribution is 7.89. The van der Waals surface area contributed by atoms with Crippen molar-refractivity contribution >= 4 is 33.2 Å². The number of amides is 1. The minimum atomic E-state index is -3.70. The molecule has 1 amide bonds. The maximum absolute atomic E-state index is 12.8. The van der Waals surface area contributed by atoms with Crippen LogP contribution in [-0.4, -0.2) is 41.5 Å². The van der Waals surface area contributed by atoms with Gasteiger partial charge in [-0.2, -0.15) is 9.40 Å². The van der Waals surface area contributed by atoms with Crippen molar-refractivity contribution in [2.45, 2.75) is 25.3 Å². The fourth-order valence-corrected chi connectivity index (χ4v) is 4.77. The number of benzene rings is 2. The summed E-state index contributed by atoms with van der Waals surface area (Å²) in [5.74, 6) is -0.479. The lowest BCUT2D eigenvalue weighted by Crippen LogP contribution is -2.30. The SMILES string of the molecule is CCN(CC)S(=O)(=O)c1ccc(Cl)c(C(=O)Nc2cccc(Cn3cccn3)c2)c1. The van der Waals surface area contributed by atoms with Gasteiger partial charge in [0.2, 0.25) is 10.0 Å². The van der Waals surface area contributed by atoms with Crippen LogP contribution in [0.2, 0.25) is 5.02 Å². The Bertz CT molecular complexity index is 1130. The molecule has 158 valence electrons. The van der Waals surface area contributed by atoms with Crippen LogP contribution in [0.1, 0.15) is 29.8 Å². The van der Waals surface area contributed by atoms with Crippen molar-refractivity contribution in [1.82, 2.24) is 14.1 Å². The van der Waals surface area contributed by atoms with E-state index in [1.54, 1.807) is 30.8 Å². The lowest BCUT2D eigenvalue weighted by atomic mass is 10.1. The van der Waals surface area contributed by atoms with E-state index in [1.807, 2.05) is 30.5 Å². The summed E-state index contributed by atoms with van der Waals surface area (Å²) in [6.45, 7) is 4.77. The normalized spacial score (nSPS) is 11.6. The van der Waals surface area contributed by atoms with E-state index >= 15 is 0 Å². The summed E-state index contributed by atoms with van der Waals surface area (Å²) >= 11 is 6.20. The number of anilines is 1. The number of halogens is 1. The van der Waals surface area contributed by atoms with Gasteiger partial charge in [-0.15, -0.1) is 0 Å². The summed E-state index contributed by atoms with van der Waals surface area (Å²) in [6.07, 6.45) is 3.56. The Morgan fingerprint density at radius 3 is 2.57 bits per heavy atom. The maximum atomic E-state index is 12.8. The summed E-state index contributed by atoms with van der Waals surface area (Å²) in [5, 5.41) is 7.15. The Labute approximate surface area is 181 Å². The van der Waals surface area contributed by atoms with Crippen LogP contribution in [0, 0.1) is 0 Å². The molecule has 0 unspecified atom stereocenters.